The zero-order chi connectivity index (χ0) is 14.3. The molecule has 100 valence electrons. The molecule has 0 atom stereocenters. The van der Waals surface area contributed by atoms with Gasteiger partial charge in [0.1, 0.15) is 16.5 Å². The van der Waals surface area contributed by atoms with Crippen molar-refractivity contribution in [1.82, 2.24) is 9.97 Å². The number of hydrogen-bond acceptors (Lipinski definition) is 2. The minimum atomic E-state index is -0.385. The van der Waals surface area contributed by atoms with Gasteiger partial charge in [-0.1, -0.05) is 41.9 Å². The second-order valence-corrected chi connectivity index (χ2v) is 5.10. The second kappa shape index (κ2) is 4.84. The van der Waals surface area contributed by atoms with Crippen LogP contribution in [0.15, 0.2) is 36.4 Å². The Hall–Kier alpha value is -2.00. The van der Waals surface area contributed by atoms with Gasteiger partial charge in [0.25, 0.3) is 0 Å². The summed E-state index contributed by atoms with van der Waals surface area (Å²) in [5.74, 6) is 0.0647. The number of nitrogens with zero attached hydrogens (tertiary/aromatic N) is 2. The molecule has 0 saturated heterocycles. The number of fused-ring (bicyclic) bond motifs is 1. The summed E-state index contributed by atoms with van der Waals surface area (Å²) in [5.41, 5.74) is 3.01. The van der Waals surface area contributed by atoms with Gasteiger partial charge in [-0.2, -0.15) is 0 Å². The van der Waals surface area contributed by atoms with E-state index in [0.717, 1.165) is 16.7 Å². The van der Waals surface area contributed by atoms with Crippen molar-refractivity contribution in [3.05, 3.63) is 58.5 Å². The number of benzene rings is 2. The average Bonchev–Trinajstić information content (AvgIpc) is 2.43. The predicted octanol–water partition coefficient (Wildman–Crippen LogP) is 4.71. The maximum Gasteiger partial charge on any atom is 0.161 e. The van der Waals surface area contributed by atoms with E-state index in [1.165, 1.54) is 6.07 Å². The molecule has 0 aliphatic carbocycles. The Balaban J connectivity index is 2.36. The third-order valence-corrected chi connectivity index (χ3v) is 3.62. The molecule has 4 heteroatoms. The standard InChI is InChI=1S/C16H12ClFN2/c1-9-5-3-4-6-11(9)16-19-14-12(18)8-7-10(2)13(14)15(17)20-16/h3-8H,1-2H3. The molecule has 0 fully saturated rings. The van der Waals surface area contributed by atoms with Crippen LogP contribution in [0.1, 0.15) is 11.1 Å². The number of hydrogen-bond donors (Lipinski definition) is 0. The number of halogens is 2. The van der Waals surface area contributed by atoms with E-state index in [1.807, 2.05) is 38.1 Å². The van der Waals surface area contributed by atoms with E-state index in [1.54, 1.807) is 6.07 Å². The SMILES string of the molecule is Cc1ccccc1-c1nc(Cl)c2c(C)ccc(F)c2n1. The largest absolute Gasteiger partial charge is 0.225 e. The number of aromatic nitrogens is 2. The third-order valence-electron chi connectivity index (χ3n) is 3.35. The maximum absolute atomic E-state index is 14.0. The van der Waals surface area contributed by atoms with Gasteiger partial charge in [0.15, 0.2) is 5.82 Å². The van der Waals surface area contributed by atoms with Gasteiger partial charge < -0.3 is 0 Å². The van der Waals surface area contributed by atoms with E-state index in [0.29, 0.717) is 11.2 Å². The fourth-order valence-corrected chi connectivity index (χ4v) is 2.58. The maximum atomic E-state index is 14.0. The zero-order valence-electron chi connectivity index (χ0n) is 11.1. The van der Waals surface area contributed by atoms with Gasteiger partial charge in [-0.15, -0.1) is 0 Å². The molecule has 20 heavy (non-hydrogen) atoms. The summed E-state index contributed by atoms with van der Waals surface area (Å²) in [4.78, 5) is 8.68. The van der Waals surface area contributed by atoms with E-state index in [4.69, 9.17) is 11.6 Å². The Morgan fingerprint density at radius 1 is 0.950 bits per heavy atom. The molecule has 1 heterocycles. The molecule has 2 aromatic carbocycles. The molecule has 0 aliphatic heterocycles. The topological polar surface area (TPSA) is 25.8 Å². The second-order valence-electron chi connectivity index (χ2n) is 4.74. The molecule has 0 aliphatic rings. The summed E-state index contributed by atoms with van der Waals surface area (Å²) in [6, 6.07) is 10.8. The molecule has 1 aromatic heterocycles. The molecular formula is C16H12ClFN2. The molecule has 0 radical (unpaired) electrons. The Bertz CT molecular complexity index is 815. The Morgan fingerprint density at radius 3 is 2.45 bits per heavy atom. The van der Waals surface area contributed by atoms with Crippen LogP contribution in [0.5, 0.6) is 0 Å². The summed E-state index contributed by atoms with van der Waals surface area (Å²) in [5, 5.41) is 0.856. The first-order valence-electron chi connectivity index (χ1n) is 6.26. The van der Waals surface area contributed by atoms with Crippen LogP contribution in [-0.4, -0.2) is 9.97 Å². The average molecular weight is 287 g/mol. The van der Waals surface area contributed by atoms with Crippen molar-refractivity contribution in [3.63, 3.8) is 0 Å². The van der Waals surface area contributed by atoms with Crippen molar-refractivity contribution in [3.8, 4) is 11.4 Å². The van der Waals surface area contributed by atoms with Crippen LogP contribution in [0, 0.1) is 19.7 Å². The minimum absolute atomic E-state index is 0.267. The molecule has 0 unspecified atom stereocenters. The summed E-state index contributed by atoms with van der Waals surface area (Å²) in [6.07, 6.45) is 0. The van der Waals surface area contributed by atoms with Crippen molar-refractivity contribution in [2.24, 2.45) is 0 Å². The van der Waals surface area contributed by atoms with E-state index < -0.39 is 0 Å². The van der Waals surface area contributed by atoms with Crippen molar-refractivity contribution in [2.45, 2.75) is 13.8 Å². The molecule has 2 nitrogen and oxygen atoms in total. The molecule has 0 N–H and O–H groups in total. The summed E-state index contributed by atoms with van der Waals surface area (Å²) in [6.45, 7) is 3.83. The van der Waals surface area contributed by atoms with Crippen molar-refractivity contribution in [1.29, 1.82) is 0 Å². The molecule has 0 saturated carbocycles. The van der Waals surface area contributed by atoms with Crippen LogP contribution in [-0.2, 0) is 0 Å². The Morgan fingerprint density at radius 2 is 1.70 bits per heavy atom. The Kier molecular flexibility index (Phi) is 3.14. The van der Waals surface area contributed by atoms with Crippen LogP contribution in [0.3, 0.4) is 0 Å². The first-order valence-corrected chi connectivity index (χ1v) is 6.64. The van der Waals surface area contributed by atoms with Crippen LogP contribution in [0.4, 0.5) is 4.39 Å². The van der Waals surface area contributed by atoms with Gasteiger partial charge in [0.05, 0.1) is 0 Å². The lowest BCUT2D eigenvalue weighted by Gasteiger charge is -2.09. The van der Waals surface area contributed by atoms with E-state index in [9.17, 15) is 4.39 Å². The quantitative estimate of drug-likeness (QED) is 0.606. The highest BCUT2D eigenvalue weighted by molar-refractivity contribution is 6.34. The van der Waals surface area contributed by atoms with Crippen LogP contribution in [0.25, 0.3) is 22.3 Å². The van der Waals surface area contributed by atoms with Gasteiger partial charge in [0, 0.05) is 10.9 Å². The smallest absolute Gasteiger partial charge is 0.161 e. The van der Waals surface area contributed by atoms with Crippen LogP contribution < -0.4 is 0 Å². The van der Waals surface area contributed by atoms with Gasteiger partial charge >= 0.3 is 0 Å². The molecule has 0 spiro atoms. The lowest BCUT2D eigenvalue weighted by Crippen LogP contribution is -1.97. The van der Waals surface area contributed by atoms with Crippen LogP contribution in [0.2, 0.25) is 5.15 Å². The lowest BCUT2D eigenvalue weighted by atomic mass is 10.1. The van der Waals surface area contributed by atoms with Crippen molar-refractivity contribution in [2.75, 3.05) is 0 Å². The zero-order valence-corrected chi connectivity index (χ0v) is 11.9. The van der Waals surface area contributed by atoms with Gasteiger partial charge in [-0.25, -0.2) is 14.4 Å². The van der Waals surface area contributed by atoms with Gasteiger partial charge in [-0.3, -0.25) is 0 Å². The fourth-order valence-electron chi connectivity index (χ4n) is 2.26. The summed E-state index contributed by atoms with van der Waals surface area (Å²) >= 11 is 6.22. The molecule has 3 rings (SSSR count). The molecule has 0 amide bonds. The first kappa shape index (κ1) is 13.0. The highest BCUT2D eigenvalue weighted by Crippen LogP contribution is 2.29. The number of rotatable bonds is 1. The van der Waals surface area contributed by atoms with Crippen molar-refractivity contribution >= 4 is 22.5 Å². The third kappa shape index (κ3) is 2.04. The lowest BCUT2D eigenvalue weighted by molar-refractivity contribution is 0.636. The number of aryl methyl sites for hydroxylation is 2. The predicted molar refractivity (Wildman–Crippen MR) is 79.4 cm³/mol. The fraction of sp³-hybridized carbons (Fsp3) is 0.125. The normalized spacial score (nSPS) is 11.0. The summed E-state index contributed by atoms with van der Waals surface area (Å²) in [7, 11) is 0. The monoisotopic (exact) mass is 286 g/mol. The highest BCUT2D eigenvalue weighted by Gasteiger charge is 2.14. The van der Waals surface area contributed by atoms with E-state index in [2.05, 4.69) is 9.97 Å². The van der Waals surface area contributed by atoms with E-state index in [-0.39, 0.29) is 16.5 Å². The van der Waals surface area contributed by atoms with Crippen molar-refractivity contribution < 1.29 is 4.39 Å². The molecule has 3 aromatic rings. The van der Waals surface area contributed by atoms with Gasteiger partial charge in [-0.05, 0) is 31.0 Å². The highest BCUT2D eigenvalue weighted by atomic mass is 35.5. The van der Waals surface area contributed by atoms with E-state index >= 15 is 0 Å². The minimum Gasteiger partial charge on any atom is -0.225 e. The summed E-state index contributed by atoms with van der Waals surface area (Å²) < 4.78 is 14.0. The molecule has 0 bridgehead atoms. The first-order chi connectivity index (χ1) is 9.58. The molecular weight excluding hydrogens is 275 g/mol. The van der Waals surface area contributed by atoms with Crippen LogP contribution >= 0.6 is 11.6 Å². The Labute approximate surface area is 121 Å². The van der Waals surface area contributed by atoms with Gasteiger partial charge in [0.2, 0.25) is 0 Å².